The normalized spacial score (nSPS) is 21.3. The van der Waals surface area contributed by atoms with E-state index in [1.807, 2.05) is 0 Å². The molecule has 1 aromatic carbocycles. The number of nitrogens with one attached hydrogen (secondary N) is 2. The molecule has 2 aliphatic rings. The van der Waals surface area contributed by atoms with Crippen molar-refractivity contribution in [3.05, 3.63) is 23.0 Å². The fourth-order valence-corrected chi connectivity index (χ4v) is 3.19. The average molecular weight is 283 g/mol. The lowest BCUT2D eigenvalue weighted by Crippen LogP contribution is -2.41. The standard InChI is InChI=1S/C14H16ClFN2O/c15-9-6-12-11(7-10(9)16)17-8-14(13(19)18-12)4-2-1-3-5-14/h6-7,17H,1-5,8H2,(H,18,19). The van der Waals surface area contributed by atoms with E-state index in [-0.39, 0.29) is 16.3 Å². The van der Waals surface area contributed by atoms with Gasteiger partial charge in [0.05, 0.1) is 21.8 Å². The molecular weight excluding hydrogens is 267 g/mol. The van der Waals surface area contributed by atoms with Crippen LogP contribution in [0.15, 0.2) is 12.1 Å². The maximum Gasteiger partial charge on any atom is 0.232 e. The number of anilines is 2. The molecule has 0 unspecified atom stereocenters. The van der Waals surface area contributed by atoms with Crippen LogP contribution in [0.2, 0.25) is 5.02 Å². The lowest BCUT2D eigenvalue weighted by Gasteiger charge is -2.34. The number of carbonyl (C=O) groups excluding carboxylic acids is 1. The third-order valence-electron chi connectivity index (χ3n) is 4.22. The number of amides is 1. The van der Waals surface area contributed by atoms with E-state index in [9.17, 15) is 9.18 Å². The van der Waals surface area contributed by atoms with Crippen molar-refractivity contribution in [1.82, 2.24) is 0 Å². The minimum Gasteiger partial charge on any atom is -0.382 e. The molecule has 3 nitrogen and oxygen atoms in total. The Bertz CT molecular complexity index is 526. The second kappa shape index (κ2) is 4.67. The van der Waals surface area contributed by atoms with Crippen molar-refractivity contribution in [1.29, 1.82) is 0 Å². The number of halogens is 2. The molecule has 5 heteroatoms. The molecule has 1 fully saturated rings. The highest BCUT2D eigenvalue weighted by Crippen LogP contribution is 2.41. The molecule has 1 aliphatic carbocycles. The molecule has 3 rings (SSSR count). The van der Waals surface area contributed by atoms with Gasteiger partial charge in [0.25, 0.3) is 0 Å². The fourth-order valence-electron chi connectivity index (χ4n) is 3.03. The van der Waals surface area contributed by atoms with Gasteiger partial charge in [-0.15, -0.1) is 0 Å². The summed E-state index contributed by atoms with van der Waals surface area (Å²) in [7, 11) is 0. The Morgan fingerprint density at radius 1 is 1.16 bits per heavy atom. The zero-order valence-electron chi connectivity index (χ0n) is 10.6. The van der Waals surface area contributed by atoms with Gasteiger partial charge in [0.1, 0.15) is 5.82 Å². The molecule has 0 bridgehead atoms. The van der Waals surface area contributed by atoms with Crippen LogP contribution >= 0.6 is 11.6 Å². The molecule has 0 radical (unpaired) electrons. The lowest BCUT2D eigenvalue weighted by atomic mass is 9.73. The van der Waals surface area contributed by atoms with E-state index < -0.39 is 5.82 Å². The summed E-state index contributed by atoms with van der Waals surface area (Å²) in [5, 5.41) is 6.13. The molecular formula is C14H16ClFN2O. The number of rotatable bonds is 0. The average Bonchev–Trinajstić information content (AvgIpc) is 2.52. The summed E-state index contributed by atoms with van der Waals surface area (Å²) >= 11 is 5.77. The molecule has 1 aliphatic heterocycles. The van der Waals surface area contributed by atoms with Gasteiger partial charge in [-0.25, -0.2) is 4.39 Å². The van der Waals surface area contributed by atoms with Crippen LogP contribution in [-0.4, -0.2) is 12.5 Å². The van der Waals surface area contributed by atoms with Gasteiger partial charge in [-0.2, -0.15) is 0 Å². The fraction of sp³-hybridized carbons (Fsp3) is 0.500. The Morgan fingerprint density at radius 3 is 2.63 bits per heavy atom. The van der Waals surface area contributed by atoms with E-state index >= 15 is 0 Å². The largest absolute Gasteiger partial charge is 0.382 e. The van der Waals surface area contributed by atoms with Crippen LogP contribution in [0.3, 0.4) is 0 Å². The molecule has 1 saturated carbocycles. The predicted molar refractivity (Wildman–Crippen MR) is 74.0 cm³/mol. The second-order valence-corrected chi connectivity index (χ2v) is 5.87. The van der Waals surface area contributed by atoms with Gasteiger partial charge in [0, 0.05) is 12.6 Å². The summed E-state index contributed by atoms with van der Waals surface area (Å²) in [4.78, 5) is 12.5. The number of fused-ring (bicyclic) bond motifs is 1. The monoisotopic (exact) mass is 282 g/mol. The molecule has 0 saturated heterocycles. The summed E-state index contributed by atoms with van der Waals surface area (Å²) < 4.78 is 13.5. The van der Waals surface area contributed by atoms with Gasteiger partial charge in [-0.1, -0.05) is 30.9 Å². The van der Waals surface area contributed by atoms with Crippen molar-refractivity contribution in [3.63, 3.8) is 0 Å². The quantitative estimate of drug-likeness (QED) is 0.760. The minimum absolute atomic E-state index is 0.0282. The van der Waals surface area contributed by atoms with Crippen molar-refractivity contribution in [2.24, 2.45) is 5.41 Å². The first kappa shape index (κ1) is 12.7. The molecule has 1 spiro atoms. The molecule has 1 amide bonds. The topological polar surface area (TPSA) is 41.1 Å². The van der Waals surface area contributed by atoms with Crippen LogP contribution in [0.5, 0.6) is 0 Å². The maximum atomic E-state index is 13.5. The second-order valence-electron chi connectivity index (χ2n) is 5.46. The summed E-state index contributed by atoms with van der Waals surface area (Å²) in [6.45, 7) is 0.562. The number of hydrogen-bond acceptors (Lipinski definition) is 2. The first-order chi connectivity index (χ1) is 9.11. The number of hydrogen-bond donors (Lipinski definition) is 2. The van der Waals surface area contributed by atoms with E-state index in [1.54, 1.807) is 0 Å². The van der Waals surface area contributed by atoms with Crippen LogP contribution in [0.1, 0.15) is 32.1 Å². The summed E-state index contributed by atoms with van der Waals surface area (Å²) in [6, 6.07) is 2.82. The van der Waals surface area contributed by atoms with Gasteiger partial charge in [0.2, 0.25) is 5.91 Å². The zero-order valence-corrected chi connectivity index (χ0v) is 11.3. The van der Waals surface area contributed by atoms with Crippen LogP contribution in [0, 0.1) is 11.2 Å². The maximum absolute atomic E-state index is 13.5. The van der Waals surface area contributed by atoms with Crippen molar-refractivity contribution >= 4 is 28.9 Å². The highest BCUT2D eigenvalue weighted by Gasteiger charge is 2.41. The van der Waals surface area contributed by atoms with Crippen LogP contribution < -0.4 is 10.6 Å². The molecule has 19 heavy (non-hydrogen) atoms. The van der Waals surface area contributed by atoms with Crippen molar-refractivity contribution in [3.8, 4) is 0 Å². The molecule has 2 N–H and O–H groups in total. The summed E-state index contributed by atoms with van der Waals surface area (Å²) in [5.74, 6) is -0.442. The van der Waals surface area contributed by atoms with Gasteiger partial charge in [-0.05, 0) is 18.9 Å². The Kier molecular flexibility index (Phi) is 3.13. The molecule has 0 aromatic heterocycles. The van der Waals surface area contributed by atoms with E-state index in [4.69, 9.17) is 11.6 Å². The molecule has 0 atom stereocenters. The summed E-state index contributed by atoms with van der Waals surface area (Å²) in [6.07, 6.45) is 5.09. The Labute approximate surface area is 116 Å². The summed E-state index contributed by atoms with van der Waals surface area (Å²) in [5.41, 5.74) is 0.816. The van der Waals surface area contributed by atoms with Crippen LogP contribution in [0.25, 0.3) is 0 Å². The van der Waals surface area contributed by atoms with Gasteiger partial charge in [0.15, 0.2) is 0 Å². The molecule has 1 heterocycles. The Morgan fingerprint density at radius 2 is 1.89 bits per heavy atom. The van der Waals surface area contributed by atoms with Crippen molar-refractivity contribution < 1.29 is 9.18 Å². The van der Waals surface area contributed by atoms with Crippen LogP contribution in [-0.2, 0) is 4.79 Å². The first-order valence-corrected chi connectivity index (χ1v) is 7.03. The van der Waals surface area contributed by atoms with Crippen molar-refractivity contribution in [2.75, 3.05) is 17.2 Å². The van der Waals surface area contributed by atoms with E-state index in [0.29, 0.717) is 17.9 Å². The zero-order chi connectivity index (χ0) is 13.5. The Balaban J connectivity index is 1.95. The first-order valence-electron chi connectivity index (χ1n) is 6.65. The van der Waals surface area contributed by atoms with E-state index in [1.165, 1.54) is 18.6 Å². The van der Waals surface area contributed by atoms with Gasteiger partial charge < -0.3 is 10.6 Å². The highest BCUT2D eigenvalue weighted by atomic mass is 35.5. The van der Waals surface area contributed by atoms with Crippen LogP contribution in [0.4, 0.5) is 15.8 Å². The van der Waals surface area contributed by atoms with E-state index in [0.717, 1.165) is 25.7 Å². The SMILES string of the molecule is O=C1Nc2cc(Cl)c(F)cc2NCC12CCCCC2. The Hall–Kier alpha value is -1.29. The van der Waals surface area contributed by atoms with Gasteiger partial charge in [-0.3, -0.25) is 4.79 Å². The predicted octanol–water partition coefficient (Wildman–Crippen LogP) is 3.79. The van der Waals surface area contributed by atoms with E-state index in [2.05, 4.69) is 10.6 Å². The van der Waals surface area contributed by atoms with Gasteiger partial charge >= 0.3 is 0 Å². The third-order valence-corrected chi connectivity index (χ3v) is 4.51. The number of carbonyl (C=O) groups is 1. The highest BCUT2D eigenvalue weighted by molar-refractivity contribution is 6.31. The number of benzene rings is 1. The van der Waals surface area contributed by atoms with Crippen molar-refractivity contribution in [2.45, 2.75) is 32.1 Å². The molecule has 1 aromatic rings. The smallest absolute Gasteiger partial charge is 0.232 e. The lowest BCUT2D eigenvalue weighted by molar-refractivity contribution is -0.126. The third kappa shape index (κ3) is 2.18. The molecule has 102 valence electrons. The minimum atomic E-state index is -0.471.